The molecule has 0 unspecified atom stereocenters. The highest BCUT2D eigenvalue weighted by molar-refractivity contribution is 5.63. The Labute approximate surface area is 188 Å². The fraction of sp³-hybridized carbons (Fsp3) is 0.462. The van der Waals surface area contributed by atoms with E-state index in [1.165, 1.54) is 61.8 Å². The predicted molar refractivity (Wildman–Crippen MR) is 123 cm³/mol. The lowest BCUT2D eigenvalue weighted by atomic mass is 10.0. The molecule has 1 aromatic heterocycles. The molecule has 2 aromatic carbocycles. The highest BCUT2D eigenvalue weighted by atomic mass is 19.1. The summed E-state index contributed by atoms with van der Waals surface area (Å²) in [6.07, 6.45) is 12.1. The molecule has 3 rings (SSSR count). The minimum Gasteiger partial charge on any atom is -0.248 e. The Morgan fingerprint density at radius 3 is 2.06 bits per heavy atom. The third-order valence-corrected chi connectivity index (χ3v) is 5.79. The van der Waals surface area contributed by atoms with Gasteiger partial charge in [-0.15, -0.1) is 0 Å². The molecular weight excluding hydrogens is 411 g/mol. The molecule has 3 aromatic rings. The van der Waals surface area contributed by atoms with Crippen LogP contribution in [0.15, 0.2) is 36.4 Å². The lowest BCUT2D eigenvalue weighted by molar-refractivity contribution is 0.564. The van der Waals surface area contributed by atoms with Crippen LogP contribution in [0.1, 0.15) is 70.3 Å². The molecule has 0 N–H and O–H groups in total. The van der Waals surface area contributed by atoms with Gasteiger partial charge in [-0.25, -0.2) is 22.8 Å². The van der Waals surface area contributed by atoms with Crippen LogP contribution in [0.3, 0.4) is 0 Å². The number of halogens is 3. The first-order valence-corrected chi connectivity index (χ1v) is 11.7. The third kappa shape index (κ3) is 6.21. The van der Waals surface area contributed by atoms with Crippen LogP contribution in [0.25, 0.3) is 22.8 Å². The van der Waals surface area contributed by atoms with Crippen molar-refractivity contribution >= 4 is 0 Å². The summed E-state index contributed by atoms with van der Waals surface area (Å²) in [6, 6.07) is 8.58. The zero-order valence-corrected chi connectivity index (χ0v) is 19.0. The smallest absolute Gasteiger partial charge is 0.187 e. The second kappa shape index (κ2) is 11.8. The average Bonchev–Trinajstić information content (AvgIpc) is 3.14. The summed E-state index contributed by atoms with van der Waals surface area (Å²) in [5.74, 6) is -1.78. The maximum atomic E-state index is 14.6. The average molecular weight is 444 g/mol. The molecule has 0 bridgehead atoms. The van der Waals surface area contributed by atoms with Gasteiger partial charge in [0.05, 0.1) is 11.1 Å². The van der Waals surface area contributed by atoms with E-state index in [2.05, 4.69) is 17.0 Å². The maximum Gasteiger partial charge on any atom is 0.187 e. The van der Waals surface area contributed by atoms with Crippen LogP contribution in [-0.2, 0) is 13.5 Å². The lowest BCUT2D eigenvalue weighted by Gasteiger charge is -2.07. The van der Waals surface area contributed by atoms with E-state index in [9.17, 15) is 13.2 Å². The van der Waals surface area contributed by atoms with Gasteiger partial charge in [0, 0.05) is 7.05 Å². The number of unbranched alkanes of at least 4 members (excludes halogenated alkanes) is 8. The molecule has 172 valence electrons. The summed E-state index contributed by atoms with van der Waals surface area (Å²) in [5, 5.41) is 4.13. The van der Waals surface area contributed by atoms with E-state index in [-0.39, 0.29) is 22.8 Å². The number of benzene rings is 2. The molecule has 1 heterocycles. The molecule has 0 saturated carbocycles. The molecule has 0 saturated heterocycles. The van der Waals surface area contributed by atoms with Gasteiger partial charge in [0.2, 0.25) is 0 Å². The van der Waals surface area contributed by atoms with Crippen molar-refractivity contribution < 1.29 is 13.2 Å². The van der Waals surface area contributed by atoms with Crippen molar-refractivity contribution in [3.8, 4) is 22.8 Å². The first kappa shape index (κ1) is 24.0. The SMILES string of the molecule is CCCCCCCCCCCc1ccc(F)c(-c2nc(-c3c(F)cccc3F)nn2C)c1. The van der Waals surface area contributed by atoms with Crippen LogP contribution in [0.2, 0.25) is 0 Å². The summed E-state index contributed by atoms with van der Waals surface area (Å²) in [5.41, 5.74) is 1.00. The second-order valence-electron chi connectivity index (χ2n) is 8.37. The van der Waals surface area contributed by atoms with Crippen LogP contribution < -0.4 is 0 Å². The monoisotopic (exact) mass is 443 g/mol. The third-order valence-electron chi connectivity index (χ3n) is 5.79. The van der Waals surface area contributed by atoms with Crippen molar-refractivity contribution in [2.75, 3.05) is 0 Å². The molecule has 0 fully saturated rings. The first-order chi connectivity index (χ1) is 15.5. The van der Waals surface area contributed by atoms with E-state index in [1.54, 1.807) is 19.2 Å². The molecule has 0 amide bonds. The number of aryl methyl sites for hydroxylation is 2. The molecule has 3 nitrogen and oxygen atoms in total. The van der Waals surface area contributed by atoms with Gasteiger partial charge in [-0.05, 0) is 42.7 Å². The minimum atomic E-state index is -0.748. The fourth-order valence-corrected chi connectivity index (χ4v) is 3.98. The zero-order chi connectivity index (χ0) is 22.9. The van der Waals surface area contributed by atoms with Crippen LogP contribution in [-0.4, -0.2) is 14.8 Å². The molecule has 6 heteroatoms. The van der Waals surface area contributed by atoms with E-state index in [4.69, 9.17) is 0 Å². The molecule has 32 heavy (non-hydrogen) atoms. The van der Waals surface area contributed by atoms with Crippen molar-refractivity contribution in [3.05, 3.63) is 59.4 Å². The van der Waals surface area contributed by atoms with Gasteiger partial charge in [0.25, 0.3) is 0 Å². The Bertz CT molecular complexity index is 993. The van der Waals surface area contributed by atoms with Gasteiger partial charge in [-0.2, -0.15) is 5.10 Å². The van der Waals surface area contributed by atoms with Crippen molar-refractivity contribution in [2.45, 2.75) is 71.1 Å². The van der Waals surface area contributed by atoms with E-state index in [0.717, 1.165) is 37.0 Å². The Kier molecular flexibility index (Phi) is 8.89. The van der Waals surface area contributed by atoms with Crippen LogP contribution in [0.4, 0.5) is 13.2 Å². The number of nitrogens with zero attached hydrogens (tertiary/aromatic N) is 3. The van der Waals surface area contributed by atoms with Crippen molar-refractivity contribution in [3.63, 3.8) is 0 Å². The summed E-state index contributed by atoms with van der Waals surface area (Å²) in [6.45, 7) is 2.23. The fourth-order valence-electron chi connectivity index (χ4n) is 3.98. The van der Waals surface area contributed by atoms with E-state index in [0.29, 0.717) is 0 Å². The van der Waals surface area contributed by atoms with Gasteiger partial charge < -0.3 is 0 Å². The zero-order valence-electron chi connectivity index (χ0n) is 19.0. The highest BCUT2D eigenvalue weighted by Crippen LogP contribution is 2.28. The van der Waals surface area contributed by atoms with Gasteiger partial charge in [-0.3, -0.25) is 0 Å². The largest absolute Gasteiger partial charge is 0.248 e. The molecule has 0 aliphatic carbocycles. The van der Waals surface area contributed by atoms with Crippen molar-refractivity contribution in [1.82, 2.24) is 14.8 Å². The van der Waals surface area contributed by atoms with E-state index in [1.807, 2.05) is 0 Å². The van der Waals surface area contributed by atoms with Gasteiger partial charge in [-0.1, -0.05) is 70.4 Å². The number of hydrogen-bond donors (Lipinski definition) is 0. The molecule has 0 aliphatic rings. The Morgan fingerprint density at radius 2 is 1.41 bits per heavy atom. The maximum absolute atomic E-state index is 14.6. The van der Waals surface area contributed by atoms with Crippen molar-refractivity contribution in [2.24, 2.45) is 7.05 Å². The van der Waals surface area contributed by atoms with E-state index < -0.39 is 17.5 Å². The molecule has 0 spiro atoms. The van der Waals surface area contributed by atoms with Gasteiger partial charge in [0.15, 0.2) is 11.6 Å². The van der Waals surface area contributed by atoms with Gasteiger partial charge >= 0.3 is 0 Å². The number of hydrogen-bond acceptors (Lipinski definition) is 2. The van der Waals surface area contributed by atoms with Crippen molar-refractivity contribution in [1.29, 1.82) is 0 Å². The Balaban J connectivity index is 1.63. The molecule has 0 atom stereocenters. The molecule has 0 aliphatic heterocycles. The normalized spacial score (nSPS) is 11.3. The van der Waals surface area contributed by atoms with E-state index >= 15 is 0 Å². The molecular formula is C26H32F3N3. The van der Waals surface area contributed by atoms with Crippen LogP contribution in [0, 0.1) is 17.5 Å². The summed E-state index contributed by atoms with van der Waals surface area (Å²) in [4.78, 5) is 4.26. The minimum absolute atomic E-state index is 0.0955. The first-order valence-electron chi connectivity index (χ1n) is 11.7. The van der Waals surface area contributed by atoms with Crippen LogP contribution >= 0.6 is 0 Å². The number of aromatic nitrogens is 3. The molecule has 0 radical (unpaired) electrons. The highest BCUT2D eigenvalue weighted by Gasteiger charge is 2.20. The standard InChI is InChI=1S/C26H32F3N3/c1-3-4-5-6-7-8-9-10-11-13-19-16-17-21(27)20(18-19)26-30-25(31-32(26)2)24-22(28)14-12-15-23(24)29/h12,14-18H,3-11,13H2,1-2H3. The lowest BCUT2D eigenvalue weighted by Crippen LogP contribution is -1.98. The van der Waals surface area contributed by atoms with Crippen LogP contribution in [0.5, 0.6) is 0 Å². The summed E-state index contributed by atoms with van der Waals surface area (Å²) < 4.78 is 44.2. The topological polar surface area (TPSA) is 30.7 Å². The van der Waals surface area contributed by atoms with Gasteiger partial charge in [0.1, 0.15) is 17.5 Å². The Hall–Kier alpha value is -2.63. The predicted octanol–water partition coefficient (Wildman–Crippen LogP) is 7.64. The summed E-state index contributed by atoms with van der Waals surface area (Å²) >= 11 is 0. The Morgan fingerprint density at radius 1 is 0.781 bits per heavy atom. The number of rotatable bonds is 12. The second-order valence-corrected chi connectivity index (χ2v) is 8.37. The summed E-state index contributed by atoms with van der Waals surface area (Å²) in [7, 11) is 1.59. The quantitative estimate of drug-likeness (QED) is 0.269.